The minimum atomic E-state index is -0.435. The van der Waals surface area contributed by atoms with Gasteiger partial charge in [-0.3, -0.25) is 0 Å². The lowest BCUT2D eigenvalue weighted by Crippen LogP contribution is -2.17. The topological polar surface area (TPSA) is 59.1 Å². The Morgan fingerprint density at radius 1 is 1.47 bits per heavy atom. The van der Waals surface area contributed by atoms with Crippen molar-refractivity contribution in [1.82, 2.24) is 4.98 Å². The van der Waals surface area contributed by atoms with Crippen LogP contribution in [0.2, 0.25) is 0 Å². The quantitative estimate of drug-likeness (QED) is 0.887. The molecule has 1 aromatic heterocycles. The maximum absolute atomic E-state index is 13.9. The Labute approximate surface area is 114 Å². The SMILES string of the molecule is NCC1CCCc2sc(-c3ccc(O)cc3F)nc21. The highest BCUT2D eigenvalue weighted by atomic mass is 32.1. The minimum absolute atomic E-state index is 0.0672. The van der Waals surface area contributed by atoms with Crippen molar-refractivity contribution >= 4 is 11.3 Å². The molecule has 3 nitrogen and oxygen atoms in total. The van der Waals surface area contributed by atoms with E-state index in [0.717, 1.165) is 31.0 Å². The number of benzene rings is 1. The van der Waals surface area contributed by atoms with Crippen molar-refractivity contribution in [3.63, 3.8) is 0 Å². The lowest BCUT2D eigenvalue weighted by atomic mass is 9.91. The molecule has 0 aliphatic heterocycles. The molecule has 1 atom stereocenters. The van der Waals surface area contributed by atoms with Gasteiger partial charge < -0.3 is 10.8 Å². The largest absolute Gasteiger partial charge is 0.508 e. The highest BCUT2D eigenvalue weighted by Crippen LogP contribution is 2.38. The lowest BCUT2D eigenvalue weighted by molar-refractivity contribution is 0.469. The standard InChI is InChI=1S/C14H15FN2OS/c15-11-6-9(18)4-5-10(11)14-17-13-8(7-16)2-1-3-12(13)19-14/h4-6,8,18H,1-3,7,16H2. The molecule has 2 aromatic rings. The van der Waals surface area contributed by atoms with E-state index in [0.29, 0.717) is 23.0 Å². The first kappa shape index (κ1) is 12.6. The van der Waals surface area contributed by atoms with Gasteiger partial charge in [0.15, 0.2) is 0 Å². The molecular formula is C14H15FN2OS. The number of nitrogens with zero attached hydrogens (tertiary/aromatic N) is 1. The van der Waals surface area contributed by atoms with Crippen LogP contribution in [0, 0.1) is 5.82 Å². The van der Waals surface area contributed by atoms with Crippen LogP contribution in [0.3, 0.4) is 0 Å². The van der Waals surface area contributed by atoms with Crippen LogP contribution in [0.1, 0.15) is 29.3 Å². The molecule has 0 spiro atoms. The third-order valence-corrected chi connectivity index (χ3v) is 4.70. The summed E-state index contributed by atoms with van der Waals surface area (Å²) in [7, 11) is 0. The maximum atomic E-state index is 13.9. The second-order valence-corrected chi connectivity index (χ2v) is 5.90. The molecule has 0 fully saturated rings. The molecule has 0 saturated heterocycles. The summed E-state index contributed by atoms with van der Waals surface area (Å²) in [5.74, 6) is -0.202. The zero-order valence-electron chi connectivity index (χ0n) is 10.4. The number of hydrogen-bond acceptors (Lipinski definition) is 4. The van der Waals surface area contributed by atoms with E-state index in [1.54, 1.807) is 6.07 Å². The zero-order chi connectivity index (χ0) is 13.4. The van der Waals surface area contributed by atoms with E-state index in [9.17, 15) is 9.50 Å². The number of aromatic hydroxyl groups is 1. The lowest BCUT2D eigenvalue weighted by Gasteiger charge is -2.18. The van der Waals surface area contributed by atoms with Crippen LogP contribution in [-0.4, -0.2) is 16.6 Å². The fourth-order valence-corrected chi connectivity index (χ4v) is 3.75. The van der Waals surface area contributed by atoms with E-state index in [-0.39, 0.29) is 5.75 Å². The van der Waals surface area contributed by atoms with Crippen LogP contribution < -0.4 is 5.73 Å². The van der Waals surface area contributed by atoms with Gasteiger partial charge in [0.2, 0.25) is 0 Å². The fourth-order valence-electron chi connectivity index (χ4n) is 2.53. The van der Waals surface area contributed by atoms with Crippen molar-refractivity contribution in [2.24, 2.45) is 5.73 Å². The van der Waals surface area contributed by atoms with Crippen LogP contribution in [-0.2, 0) is 6.42 Å². The number of rotatable bonds is 2. The average Bonchev–Trinajstić information content (AvgIpc) is 2.81. The number of aromatic nitrogens is 1. The van der Waals surface area contributed by atoms with Crippen LogP contribution >= 0.6 is 11.3 Å². The first-order valence-electron chi connectivity index (χ1n) is 6.37. The highest BCUT2D eigenvalue weighted by Gasteiger charge is 2.24. The third-order valence-electron chi connectivity index (χ3n) is 3.54. The molecule has 3 rings (SSSR count). The van der Waals surface area contributed by atoms with Crippen LogP contribution in [0.15, 0.2) is 18.2 Å². The van der Waals surface area contributed by atoms with Gasteiger partial charge in [0.1, 0.15) is 16.6 Å². The molecule has 0 bridgehead atoms. The van der Waals surface area contributed by atoms with Gasteiger partial charge in [0, 0.05) is 29.0 Å². The highest BCUT2D eigenvalue weighted by molar-refractivity contribution is 7.15. The van der Waals surface area contributed by atoms with Gasteiger partial charge in [-0.2, -0.15) is 0 Å². The monoisotopic (exact) mass is 278 g/mol. The van der Waals surface area contributed by atoms with Gasteiger partial charge in [0.25, 0.3) is 0 Å². The summed E-state index contributed by atoms with van der Waals surface area (Å²) in [6.45, 7) is 0.592. The molecule has 1 aliphatic carbocycles. The first-order valence-corrected chi connectivity index (χ1v) is 7.19. The van der Waals surface area contributed by atoms with Crippen molar-refractivity contribution in [3.05, 3.63) is 34.6 Å². The van der Waals surface area contributed by atoms with Gasteiger partial charge in [-0.05, 0) is 31.4 Å². The molecular weight excluding hydrogens is 263 g/mol. The number of halogens is 1. The molecule has 1 heterocycles. The summed E-state index contributed by atoms with van der Waals surface area (Å²) in [5, 5.41) is 9.94. The summed E-state index contributed by atoms with van der Waals surface area (Å²) in [6.07, 6.45) is 3.18. The Kier molecular flexibility index (Phi) is 3.24. The van der Waals surface area contributed by atoms with Crippen molar-refractivity contribution in [1.29, 1.82) is 0 Å². The fraction of sp³-hybridized carbons (Fsp3) is 0.357. The smallest absolute Gasteiger partial charge is 0.137 e. The number of phenols is 1. The summed E-state index contributed by atoms with van der Waals surface area (Å²) < 4.78 is 13.9. The third kappa shape index (κ3) is 2.24. The molecule has 1 aromatic carbocycles. The van der Waals surface area contributed by atoms with E-state index in [2.05, 4.69) is 4.98 Å². The molecule has 0 saturated carbocycles. The number of hydrogen-bond donors (Lipinski definition) is 2. The number of aryl methyl sites for hydroxylation is 1. The van der Waals surface area contributed by atoms with Crippen molar-refractivity contribution in [3.8, 4) is 16.3 Å². The average molecular weight is 278 g/mol. The Hall–Kier alpha value is -1.46. The second-order valence-electron chi connectivity index (χ2n) is 4.82. The van der Waals surface area contributed by atoms with E-state index in [1.807, 2.05) is 0 Å². The van der Waals surface area contributed by atoms with Gasteiger partial charge in [-0.1, -0.05) is 0 Å². The van der Waals surface area contributed by atoms with Gasteiger partial charge >= 0.3 is 0 Å². The van der Waals surface area contributed by atoms with Gasteiger partial charge in [-0.15, -0.1) is 11.3 Å². The molecule has 1 unspecified atom stereocenters. The Bertz CT molecular complexity index is 611. The number of nitrogens with two attached hydrogens (primary N) is 1. The number of phenolic OH excluding ortho intramolecular Hbond substituents is 1. The summed E-state index contributed by atoms with van der Waals surface area (Å²) in [5.41, 5.74) is 7.27. The summed E-state index contributed by atoms with van der Waals surface area (Å²) >= 11 is 1.54. The minimum Gasteiger partial charge on any atom is -0.508 e. The second kappa shape index (κ2) is 4.90. The number of thiazole rings is 1. The first-order chi connectivity index (χ1) is 9.19. The van der Waals surface area contributed by atoms with Crippen LogP contribution in [0.5, 0.6) is 5.75 Å². The molecule has 100 valence electrons. The van der Waals surface area contributed by atoms with E-state index < -0.39 is 5.82 Å². The van der Waals surface area contributed by atoms with E-state index >= 15 is 0 Å². The van der Waals surface area contributed by atoms with E-state index in [1.165, 1.54) is 22.3 Å². The molecule has 1 aliphatic rings. The molecule has 5 heteroatoms. The van der Waals surface area contributed by atoms with Crippen LogP contribution in [0.4, 0.5) is 4.39 Å². The maximum Gasteiger partial charge on any atom is 0.137 e. The van der Waals surface area contributed by atoms with Crippen molar-refractivity contribution < 1.29 is 9.50 Å². The normalized spacial score (nSPS) is 18.3. The predicted molar refractivity (Wildman–Crippen MR) is 73.9 cm³/mol. The Morgan fingerprint density at radius 2 is 2.32 bits per heavy atom. The molecule has 19 heavy (non-hydrogen) atoms. The van der Waals surface area contributed by atoms with Crippen molar-refractivity contribution in [2.75, 3.05) is 6.54 Å². The van der Waals surface area contributed by atoms with Gasteiger partial charge in [-0.25, -0.2) is 9.37 Å². The van der Waals surface area contributed by atoms with Crippen LogP contribution in [0.25, 0.3) is 10.6 Å². The molecule has 3 N–H and O–H groups in total. The number of fused-ring (bicyclic) bond motifs is 1. The molecule has 0 amide bonds. The van der Waals surface area contributed by atoms with Crippen molar-refractivity contribution in [2.45, 2.75) is 25.2 Å². The molecule has 0 radical (unpaired) electrons. The Morgan fingerprint density at radius 3 is 3.05 bits per heavy atom. The Balaban J connectivity index is 2.05. The summed E-state index contributed by atoms with van der Waals surface area (Å²) in [6, 6.07) is 4.18. The zero-order valence-corrected chi connectivity index (χ0v) is 11.2. The predicted octanol–water partition coefficient (Wildman–Crippen LogP) is 3.03. The summed E-state index contributed by atoms with van der Waals surface area (Å²) in [4.78, 5) is 5.81. The van der Waals surface area contributed by atoms with Gasteiger partial charge in [0.05, 0.1) is 5.69 Å². The van der Waals surface area contributed by atoms with E-state index in [4.69, 9.17) is 5.73 Å².